The highest BCUT2D eigenvalue weighted by Gasteiger charge is 2.53. The van der Waals surface area contributed by atoms with E-state index in [0.717, 1.165) is 12.0 Å². The Kier molecular flexibility index (Phi) is 3.17. The third kappa shape index (κ3) is 2.03. The maximum Gasteiger partial charge on any atom is 0.280 e. The molecular weight excluding hydrogens is 334 g/mol. The molecule has 1 aliphatic carbocycles. The van der Waals surface area contributed by atoms with Crippen molar-refractivity contribution >= 4 is 11.6 Å². The van der Waals surface area contributed by atoms with Crippen LogP contribution in [0.3, 0.4) is 0 Å². The quantitative estimate of drug-likeness (QED) is 0.651. The maximum absolute atomic E-state index is 10.1. The van der Waals surface area contributed by atoms with E-state index in [-0.39, 0.29) is 6.04 Å². The number of rotatable bonds is 1. The van der Waals surface area contributed by atoms with Crippen molar-refractivity contribution in [2.24, 2.45) is 0 Å². The Hall–Kier alpha value is -2.68. The van der Waals surface area contributed by atoms with Crippen molar-refractivity contribution in [2.45, 2.75) is 51.6 Å². The van der Waals surface area contributed by atoms with Crippen LogP contribution < -0.4 is 0 Å². The first-order valence-corrected chi connectivity index (χ1v) is 9.68. The average molecular weight is 359 g/mol. The van der Waals surface area contributed by atoms with Crippen molar-refractivity contribution in [1.29, 1.82) is 0 Å². The van der Waals surface area contributed by atoms with Gasteiger partial charge in [-0.1, -0.05) is 49.7 Å². The predicted molar refractivity (Wildman–Crippen MR) is 109 cm³/mol. The number of hydrogen-bond acceptors (Lipinski definition) is 3. The topological polar surface area (TPSA) is 43.7 Å². The first kappa shape index (κ1) is 16.5. The molecule has 3 aliphatic rings. The monoisotopic (exact) mass is 359 g/mol. The Morgan fingerprint density at radius 2 is 1.93 bits per heavy atom. The van der Waals surface area contributed by atoms with Gasteiger partial charge in [-0.25, -0.2) is 0 Å². The molecule has 2 aromatic carbocycles. The van der Waals surface area contributed by atoms with Crippen molar-refractivity contribution in [3.8, 4) is 0 Å². The molecule has 3 heteroatoms. The number of hydrogen-bond donors (Lipinski definition) is 2. The van der Waals surface area contributed by atoms with Crippen LogP contribution in [0.2, 0.25) is 0 Å². The number of benzene rings is 2. The molecule has 138 valence electrons. The third-order valence-electron chi connectivity index (χ3n) is 6.57. The van der Waals surface area contributed by atoms with Crippen LogP contribution in [0.4, 0.5) is 0 Å². The van der Waals surface area contributed by atoms with Gasteiger partial charge in [0.05, 0.1) is 17.2 Å². The van der Waals surface area contributed by atoms with Gasteiger partial charge in [0.2, 0.25) is 0 Å². The zero-order valence-electron chi connectivity index (χ0n) is 16.2. The van der Waals surface area contributed by atoms with Crippen molar-refractivity contribution in [2.75, 3.05) is 0 Å². The van der Waals surface area contributed by atoms with Crippen LogP contribution >= 0.6 is 0 Å². The number of fused-ring (bicyclic) bond motifs is 6. The van der Waals surface area contributed by atoms with E-state index in [1.807, 2.05) is 0 Å². The minimum Gasteiger partial charge on any atom is -0.481 e. The van der Waals surface area contributed by atoms with E-state index in [9.17, 15) is 10.2 Å². The minimum absolute atomic E-state index is 0.105. The van der Waals surface area contributed by atoms with Crippen LogP contribution in [-0.2, 0) is 6.42 Å². The van der Waals surface area contributed by atoms with Gasteiger partial charge in [0.1, 0.15) is 0 Å². The highest BCUT2D eigenvalue weighted by atomic mass is 16.5. The first-order valence-electron chi connectivity index (χ1n) is 9.68. The molecule has 0 aromatic heterocycles. The van der Waals surface area contributed by atoms with E-state index < -0.39 is 11.5 Å². The summed E-state index contributed by atoms with van der Waals surface area (Å²) in [7, 11) is 0. The largest absolute Gasteiger partial charge is 0.481 e. The lowest BCUT2D eigenvalue weighted by atomic mass is 9.76. The molecule has 2 atom stereocenters. The zero-order chi connectivity index (χ0) is 19.1. The summed E-state index contributed by atoms with van der Waals surface area (Å²) in [5.41, 5.74) is 8.78. The predicted octanol–water partition coefficient (Wildman–Crippen LogP) is 5.61. The molecule has 0 saturated carbocycles. The van der Waals surface area contributed by atoms with Gasteiger partial charge in [0, 0.05) is 12.6 Å². The Morgan fingerprint density at radius 1 is 1.15 bits per heavy atom. The van der Waals surface area contributed by atoms with Crippen LogP contribution in [0.25, 0.3) is 11.6 Å². The lowest BCUT2D eigenvalue weighted by molar-refractivity contribution is 0.153. The van der Waals surface area contributed by atoms with Gasteiger partial charge in [-0.2, -0.15) is 0 Å². The second-order valence-electron chi connectivity index (χ2n) is 8.71. The number of aryl methyl sites for hydroxylation is 1. The lowest BCUT2D eigenvalue weighted by Crippen LogP contribution is -2.49. The number of aliphatic hydroxyl groups is 2. The summed E-state index contributed by atoms with van der Waals surface area (Å²) in [6, 6.07) is 11.3. The second kappa shape index (κ2) is 5.19. The van der Waals surface area contributed by atoms with Crippen molar-refractivity contribution in [1.82, 2.24) is 4.90 Å². The SMILES string of the molecule is Cc1cc2c3c(c1)C1c4cc(C(C)C)ccc4C=CN1C(C)(C2)C3=C(O)O. The summed E-state index contributed by atoms with van der Waals surface area (Å²) < 4.78 is 0. The summed E-state index contributed by atoms with van der Waals surface area (Å²) in [5, 5.41) is 20.3. The minimum atomic E-state index is -0.546. The van der Waals surface area contributed by atoms with E-state index in [0.29, 0.717) is 11.5 Å². The fourth-order valence-electron chi connectivity index (χ4n) is 5.36. The second-order valence-corrected chi connectivity index (χ2v) is 8.71. The van der Waals surface area contributed by atoms with Gasteiger partial charge in [-0.05, 0) is 59.2 Å². The fraction of sp³-hybridized carbons (Fsp3) is 0.333. The molecule has 5 rings (SSSR count). The summed E-state index contributed by atoms with van der Waals surface area (Å²) in [4.78, 5) is 2.33. The van der Waals surface area contributed by atoms with Gasteiger partial charge in [0.25, 0.3) is 5.95 Å². The Bertz CT molecular complexity index is 1040. The molecule has 0 saturated heterocycles. The average Bonchev–Trinajstić information content (AvgIpc) is 2.89. The molecule has 2 unspecified atom stereocenters. The highest BCUT2D eigenvalue weighted by Crippen LogP contribution is 2.58. The van der Waals surface area contributed by atoms with E-state index in [4.69, 9.17) is 0 Å². The summed E-state index contributed by atoms with van der Waals surface area (Å²) in [5.74, 6) is -0.0748. The molecule has 2 bridgehead atoms. The van der Waals surface area contributed by atoms with Crippen molar-refractivity contribution < 1.29 is 10.2 Å². The lowest BCUT2D eigenvalue weighted by Gasteiger charge is -2.49. The van der Waals surface area contributed by atoms with Crippen LogP contribution in [0, 0.1) is 6.92 Å². The van der Waals surface area contributed by atoms with E-state index in [1.54, 1.807) is 0 Å². The normalized spacial score (nSPS) is 24.3. The van der Waals surface area contributed by atoms with Gasteiger partial charge < -0.3 is 15.1 Å². The van der Waals surface area contributed by atoms with Crippen molar-refractivity contribution in [3.05, 3.63) is 81.4 Å². The number of aliphatic hydroxyl groups excluding tert-OH is 1. The van der Waals surface area contributed by atoms with Gasteiger partial charge in [0.15, 0.2) is 0 Å². The molecular formula is C24H25NO2. The molecule has 27 heavy (non-hydrogen) atoms. The summed E-state index contributed by atoms with van der Waals surface area (Å²) in [6.07, 6.45) is 5.09. The smallest absolute Gasteiger partial charge is 0.280 e. The van der Waals surface area contributed by atoms with E-state index in [1.165, 1.54) is 33.4 Å². The van der Waals surface area contributed by atoms with Gasteiger partial charge in [-0.15, -0.1) is 0 Å². The Labute approximate surface area is 160 Å². The Balaban J connectivity index is 1.85. The molecule has 2 N–H and O–H groups in total. The van der Waals surface area contributed by atoms with E-state index >= 15 is 0 Å². The molecule has 2 aliphatic heterocycles. The molecule has 3 nitrogen and oxygen atoms in total. The van der Waals surface area contributed by atoms with E-state index in [2.05, 4.69) is 75.2 Å². The summed E-state index contributed by atoms with van der Waals surface area (Å²) >= 11 is 0. The fourth-order valence-corrected chi connectivity index (χ4v) is 5.36. The van der Waals surface area contributed by atoms with Crippen molar-refractivity contribution in [3.63, 3.8) is 0 Å². The molecule has 0 spiro atoms. The molecule has 2 heterocycles. The van der Waals surface area contributed by atoms with Crippen LogP contribution in [0.1, 0.15) is 71.7 Å². The van der Waals surface area contributed by atoms with Crippen LogP contribution in [-0.4, -0.2) is 20.7 Å². The Morgan fingerprint density at radius 3 is 2.63 bits per heavy atom. The number of nitrogens with zero attached hydrogens (tertiary/aromatic N) is 1. The highest BCUT2D eigenvalue weighted by molar-refractivity contribution is 5.86. The van der Waals surface area contributed by atoms with Gasteiger partial charge >= 0.3 is 0 Å². The standard InChI is InChI=1S/C24H25NO2/c1-13(2)16-6-5-15-7-8-25-22(18(15)11-16)19-10-14(3)9-17-12-24(25,4)21(20(17)19)23(26)27/h5-11,13,22,26-27H,12H2,1-4H3. The molecule has 0 amide bonds. The molecule has 0 fully saturated rings. The maximum atomic E-state index is 10.1. The third-order valence-corrected chi connectivity index (χ3v) is 6.57. The van der Waals surface area contributed by atoms with Crippen LogP contribution in [0.5, 0.6) is 0 Å². The molecule has 0 radical (unpaired) electrons. The zero-order valence-corrected chi connectivity index (χ0v) is 16.2. The molecule has 2 aromatic rings. The first-order chi connectivity index (χ1) is 12.8. The van der Waals surface area contributed by atoms with Crippen LogP contribution in [0.15, 0.2) is 42.5 Å². The summed E-state index contributed by atoms with van der Waals surface area (Å²) in [6.45, 7) is 8.70. The van der Waals surface area contributed by atoms with Gasteiger partial charge in [-0.3, -0.25) is 0 Å².